The zero-order valence-corrected chi connectivity index (χ0v) is 16.7. The number of halogens is 1. The molecule has 1 aromatic rings. The van der Waals surface area contributed by atoms with Gasteiger partial charge in [-0.05, 0) is 37.0 Å². The Labute approximate surface area is 162 Å². The van der Waals surface area contributed by atoms with Crippen LogP contribution in [0.5, 0.6) is 0 Å². The first-order chi connectivity index (χ1) is 12.5. The normalized spacial score (nSPS) is 22.2. The average molecular weight is 378 g/mol. The third-order valence-electron chi connectivity index (χ3n) is 6.30. The first-order valence-electron chi connectivity index (χ1n) is 10.0. The Kier molecular flexibility index (Phi) is 6.60. The van der Waals surface area contributed by atoms with Gasteiger partial charge in [-0.1, -0.05) is 49.9 Å². The Morgan fingerprint density at radius 1 is 1.12 bits per heavy atom. The zero-order chi connectivity index (χ0) is 18.6. The molecule has 0 radical (unpaired) electrons. The largest absolute Gasteiger partial charge is 0.340 e. The van der Waals surface area contributed by atoms with Crippen LogP contribution in [0.1, 0.15) is 44.6 Å². The Morgan fingerprint density at radius 2 is 1.73 bits per heavy atom. The smallest absolute Gasteiger partial charge is 0.225 e. The van der Waals surface area contributed by atoms with Crippen molar-refractivity contribution >= 4 is 17.5 Å². The van der Waals surface area contributed by atoms with E-state index in [1.807, 2.05) is 36.1 Å². The Hall–Kier alpha value is -1.10. The van der Waals surface area contributed by atoms with Crippen LogP contribution < -0.4 is 5.73 Å². The first kappa shape index (κ1) is 19.7. The number of nitrogens with two attached hydrogens (primary N) is 1. The van der Waals surface area contributed by atoms with Crippen molar-refractivity contribution in [2.24, 2.45) is 11.7 Å². The van der Waals surface area contributed by atoms with Gasteiger partial charge in [0.25, 0.3) is 0 Å². The molecule has 0 aromatic heterocycles. The summed E-state index contributed by atoms with van der Waals surface area (Å²) in [6, 6.07) is 7.81. The van der Waals surface area contributed by atoms with Gasteiger partial charge >= 0.3 is 0 Å². The summed E-state index contributed by atoms with van der Waals surface area (Å²) in [7, 11) is 0. The van der Waals surface area contributed by atoms with Crippen molar-refractivity contribution in [1.29, 1.82) is 0 Å². The molecule has 1 aliphatic carbocycles. The summed E-state index contributed by atoms with van der Waals surface area (Å²) in [5, 5.41) is 0.736. The topological polar surface area (TPSA) is 49.6 Å². The number of nitrogens with zero attached hydrogens (tertiary/aromatic N) is 2. The number of hydrogen-bond donors (Lipinski definition) is 1. The van der Waals surface area contributed by atoms with Crippen LogP contribution in [0.2, 0.25) is 5.02 Å². The molecule has 1 aromatic carbocycles. The number of carbonyl (C=O) groups excluding carboxylic acids is 1. The van der Waals surface area contributed by atoms with E-state index in [0.29, 0.717) is 0 Å². The van der Waals surface area contributed by atoms with E-state index in [4.69, 9.17) is 17.3 Å². The van der Waals surface area contributed by atoms with E-state index < -0.39 is 0 Å². The summed E-state index contributed by atoms with van der Waals surface area (Å²) >= 11 is 5.94. The summed E-state index contributed by atoms with van der Waals surface area (Å²) in [6.45, 7) is 6.34. The van der Waals surface area contributed by atoms with Crippen LogP contribution in [0.15, 0.2) is 24.3 Å². The minimum absolute atomic E-state index is 0.000810. The lowest BCUT2D eigenvalue weighted by Crippen LogP contribution is -2.61. The number of piperazine rings is 1. The molecular formula is C21H32ClN3O. The minimum atomic E-state index is 0.000810. The quantitative estimate of drug-likeness (QED) is 0.856. The van der Waals surface area contributed by atoms with Gasteiger partial charge < -0.3 is 10.6 Å². The van der Waals surface area contributed by atoms with E-state index in [1.54, 1.807) is 0 Å². The molecule has 1 saturated carbocycles. The molecule has 1 atom stereocenters. The lowest BCUT2D eigenvalue weighted by molar-refractivity contribution is -0.138. The first-order valence-corrected chi connectivity index (χ1v) is 10.4. The maximum Gasteiger partial charge on any atom is 0.225 e. The number of carbonyl (C=O) groups is 1. The number of hydrogen-bond acceptors (Lipinski definition) is 3. The number of rotatable bonds is 5. The standard InChI is InChI=1S/C21H32ClN3O/c1-17(15-18-5-7-19(22)8-6-18)20(26)24-11-13-25(14-12-24)21(16-23)9-3-2-4-10-21/h5-8,17H,2-4,9-16,23H2,1H3. The van der Waals surface area contributed by atoms with E-state index in [0.717, 1.165) is 49.7 Å². The van der Waals surface area contributed by atoms with Gasteiger partial charge in [-0.25, -0.2) is 0 Å². The van der Waals surface area contributed by atoms with Crippen LogP contribution in [0.4, 0.5) is 0 Å². The molecule has 0 spiro atoms. The average Bonchev–Trinajstić information content (AvgIpc) is 2.69. The minimum Gasteiger partial charge on any atom is -0.340 e. The van der Waals surface area contributed by atoms with Gasteiger partial charge in [0.05, 0.1) is 0 Å². The highest BCUT2D eigenvalue weighted by molar-refractivity contribution is 6.30. The summed E-state index contributed by atoms with van der Waals surface area (Å²) in [5.74, 6) is 0.269. The molecule has 5 heteroatoms. The molecule has 144 valence electrons. The van der Waals surface area contributed by atoms with Crippen molar-refractivity contribution in [3.63, 3.8) is 0 Å². The van der Waals surface area contributed by atoms with E-state index in [1.165, 1.54) is 32.1 Å². The lowest BCUT2D eigenvalue weighted by atomic mass is 9.80. The highest BCUT2D eigenvalue weighted by Gasteiger charge is 2.38. The molecule has 1 heterocycles. The third kappa shape index (κ3) is 4.41. The van der Waals surface area contributed by atoms with Crippen molar-refractivity contribution < 1.29 is 4.79 Å². The Balaban J connectivity index is 1.53. The van der Waals surface area contributed by atoms with Crippen molar-refractivity contribution in [3.8, 4) is 0 Å². The van der Waals surface area contributed by atoms with Crippen molar-refractivity contribution in [1.82, 2.24) is 9.80 Å². The second kappa shape index (κ2) is 8.73. The molecule has 1 unspecified atom stereocenters. The van der Waals surface area contributed by atoms with E-state index in [9.17, 15) is 4.79 Å². The van der Waals surface area contributed by atoms with Gasteiger partial charge in [0.2, 0.25) is 5.91 Å². The fraction of sp³-hybridized carbons (Fsp3) is 0.667. The monoisotopic (exact) mass is 377 g/mol. The van der Waals surface area contributed by atoms with Crippen LogP contribution in [0.3, 0.4) is 0 Å². The molecular weight excluding hydrogens is 346 g/mol. The molecule has 1 aliphatic heterocycles. The van der Waals surface area contributed by atoms with E-state index in [2.05, 4.69) is 4.90 Å². The molecule has 26 heavy (non-hydrogen) atoms. The van der Waals surface area contributed by atoms with Crippen LogP contribution >= 0.6 is 11.6 Å². The molecule has 2 aliphatic rings. The van der Waals surface area contributed by atoms with E-state index >= 15 is 0 Å². The van der Waals surface area contributed by atoms with Crippen molar-refractivity contribution in [2.75, 3.05) is 32.7 Å². The predicted octanol–water partition coefficient (Wildman–Crippen LogP) is 3.32. The maximum absolute atomic E-state index is 12.9. The molecule has 3 rings (SSSR count). The predicted molar refractivity (Wildman–Crippen MR) is 107 cm³/mol. The Morgan fingerprint density at radius 3 is 2.31 bits per heavy atom. The number of amides is 1. The Bertz CT molecular complexity index is 590. The summed E-state index contributed by atoms with van der Waals surface area (Å²) in [5.41, 5.74) is 7.52. The van der Waals surface area contributed by atoms with Crippen molar-refractivity contribution in [3.05, 3.63) is 34.9 Å². The van der Waals surface area contributed by atoms with Crippen LogP contribution in [0.25, 0.3) is 0 Å². The summed E-state index contributed by atoms with van der Waals surface area (Å²) in [6.07, 6.45) is 7.10. The SMILES string of the molecule is CC(Cc1ccc(Cl)cc1)C(=O)N1CCN(C2(CN)CCCCC2)CC1. The molecule has 2 fully saturated rings. The van der Waals surface area contributed by atoms with E-state index in [-0.39, 0.29) is 17.4 Å². The lowest BCUT2D eigenvalue weighted by Gasteiger charge is -2.49. The van der Waals surface area contributed by atoms with Gasteiger partial charge in [0.1, 0.15) is 0 Å². The van der Waals surface area contributed by atoms with Gasteiger partial charge in [-0.2, -0.15) is 0 Å². The maximum atomic E-state index is 12.9. The van der Waals surface area contributed by atoms with Gasteiger partial charge in [0, 0.05) is 49.2 Å². The second-order valence-electron chi connectivity index (χ2n) is 8.03. The van der Waals surface area contributed by atoms with Crippen molar-refractivity contribution in [2.45, 2.75) is 51.0 Å². The van der Waals surface area contributed by atoms with Gasteiger partial charge in [0.15, 0.2) is 0 Å². The molecule has 2 N–H and O–H groups in total. The zero-order valence-electron chi connectivity index (χ0n) is 15.9. The summed E-state index contributed by atoms with van der Waals surface area (Å²) in [4.78, 5) is 17.5. The fourth-order valence-corrected chi connectivity index (χ4v) is 4.76. The van der Waals surface area contributed by atoms with Gasteiger partial charge in [-0.15, -0.1) is 0 Å². The second-order valence-corrected chi connectivity index (χ2v) is 8.47. The van der Waals surface area contributed by atoms with Crippen LogP contribution in [-0.4, -0.2) is 54.0 Å². The van der Waals surface area contributed by atoms with Gasteiger partial charge in [-0.3, -0.25) is 9.69 Å². The number of benzene rings is 1. The summed E-state index contributed by atoms with van der Waals surface area (Å²) < 4.78 is 0. The highest BCUT2D eigenvalue weighted by Crippen LogP contribution is 2.33. The van der Waals surface area contributed by atoms with Crippen LogP contribution in [-0.2, 0) is 11.2 Å². The molecule has 0 bridgehead atoms. The molecule has 1 amide bonds. The molecule has 4 nitrogen and oxygen atoms in total. The molecule has 1 saturated heterocycles. The van der Waals surface area contributed by atoms with Crippen LogP contribution in [0, 0.1) is 5.92 Å². The fourth-order valence-electron chi connectivity index (χ4n) is 4.63. The third-order valence-corrected chi connectivity index (χ3v) is 6.56. The highest BCUT2D eigenvalue weighted by atomic mass is 35.5.